The van der Waals surface area contributed by atoms with Crippen LogP contribution in [-0.4, -0.2) is 99.0 Å². The van der Waals surface area contributed by atoms with Crippen molar-refractivity contribution in [3.8, 4) is 0 Å². The Labute approximate surface area is 466 Å². The molecule has 0 spiro atoms. The van der Waals surface area contributed by atoms with Crippen molar-refractivity contribution in [1.82, 2.24) is 0 Å². The highest BCUT2D eigenvalue weighted by molar-refractivity contribution is 8.00. The number of fused-ring (bicyclic) bond motifs is 2. The summed E-state index contributed by atoms with van der Waals surface area (Å²) in [5.74, 6) is 1.06. The van der Waals surface area contributed by atoms with Crippen LogP contribution in [0.1, 0.15) is 22.3 Å². The third-order valence-electron chi connectivity index (χ3n) is 13.4. The van der Waals surface area contributed by atoms with Gasteiger partial charge in [0.1, 0.15) is 0 Å². The molecule has 13 heteroatoms. The molecule has 10 rings (SSSR count). The Kier molecular flexibility index (Phi) is 18.4. The Morgan fingerprint density at radius 2 is 0.857 bits per heavy atom. The molecular weight excluding hydrogens is 1010 g/mol. The van der Waals surface area contributed by atoms with E-state index in [1.165, 1.54) is 11.1 Å². The first kappa shape index (κ1) is 53.6. The lowest BCUT2D eigenvalue weighted by Crippen LogP contribution is -2.38. The molecule has 392 valence electrons. The number of anilines is 6. The normalized spacial score (nSPS) is 16.1. The van der Waals surface area contributed by atoms with Gasteiger partial charge in [-0.2, -0.15) is 10.2 Å². The van der Waals surface area contributed by atoms with Crippen LogP contribution in [0.3, 0.4) is 0 Å². The summed E-state index contributed by atoms with van der Waals surface area (Å²) in [6.07, 6.45) is 3.87. The average molecular weight is 1080 g/mol. The summed E-state index contributed by atoms with van der Waals surface area (Å²) >= 11 is 4.98. The van der Waals surface area contributed by atoms with Crippen LogP contribution in [-0.2, 0) is 22.3 Å². The van der Waals surface area contributed by atoms with Gasteiger partial charge in [0.05, 0.1) is 61.4 Å². The number of para-hydroxylation sites is 4. The van der Waals surface area contributed by atoms with Crippen LogP contribution in [0.4, 0.5) is 34.1 Å². The van der Waals surface area contributed by atoms with Crippen molar-refractivity contribution in [2.45, 2.75) is 56.8 Å². The van der Waals surface area contributed by atoms with Crippen LogP contribution in [0.25, 0.3) is 0 Å². The number of aliphatic hydroxyl groups is 2. The van der Waals surface area contributed by atoms with Gasteiger partial charge in [-0.25, -0.2) is 0 Å². The Morgan fingerprint density at radius 3 is 1.25 bits per heavy atom. The molecule has 2 heterocycles. The maximum atomic E-state index is 11.1. The molecular formula is C64H64N6O4S3. The van der Waals surface area contributed by atoms with Crippen molar-refractivity contribution < 1.29 is 19.7 Å². The minimum atomic E-state index is -0.618. The van der Waals surface area contributed by atoms with Gasteiger partial charge in [0.2, 0.25) is 0 Å². The number of benzene rings is 8. The fourth-order valence-electron chi connectivity index (χ4n) is 9.42. The predicted molar refractivity (Wildman–Crippen MR) is 322 cm³/mol. The third kappa shape index (κ3) is 14.8. The molecule has 2 aliphatic rings. The smallest absolute Gasteiger partial charge is 0.0867 e. The summed E-state index contributed by atoms with van der Waals surface area (Å²) in [7, 11) is 3.90. The Morgan fingerprint density at radius 1 is 0.494 bits per heavy atom. The number of hydrogen-bond donors (Lipinski definition) is 2. The van der Waals surface area contributed by atoms with Gasteiger partial charge >= 0.3 is 0 Å². The summed E-state index contributed by atoms with van der Waals surface area (Å²) in [6.45, 7) is 1.90. The van der Waals surface area contributed by atoms with E-state index < -0.39 is 12.2 Å². The van der Waals surface area contributed by atoms with Gasteiger partial charge in [-0.1, -0.05) is 96.7 Å². The van der Waals surface area contributed by atoms with Gasteiger partial charge in [0, 0.05) is 93.9 Å². The van der Waals surface area contributed by atoms with E-state index in [9.17, 15) is 10.2 Å². The fourth-order valence-corrected chi connectivity index (χ4v) is 11.9. The molecule has 2 N–H and O–H groups in total. The topological polar surface area (TPSA) is 96.6 Å². The zero-order valence-corrected chi connectivity index (χ0v) is 45.8. The maximum Gasteiger partial charge on any atom is 0.0867 e. The van der Waals surface area contributed by atoms with Crippen LogP contribution >= 0.6 is 35.3 Å². The minimum Gasteiger partial charge on any atom is -0.390 e. The Bertz CT molecular complexity index is 2960. The molecule has 8 aromatic rings. The average Bonchev–Trinajstić information content (AvgIpc) is 3.49. The minimum absolute atomic E-state index is 0.0913. The van der Waals surface area contributed by atoms with Crippen LogP contribution < -0.4 is 19.8 Å². The van der Waals surface area contributed by atoms with E-state index in [1.807, 2.05) is 109 Å². The molecule has 0 radical (unpaired) electrons. The zero-order chi connectivity index (χ0) is 52.8. The molecule has 0 saturated carbocycles. The van der Waals surface area contributed by atoms with Crippen LogP contribution in [0, 0.1) is 0 Å². The number of thioether (sulfide) groups is 2. The van der Waals surface area contributed by atoms with Gasteiger partial charge < -0.3 is 29.5 Å². The van der Waals surface area contributed by atoms with E-state index in [0.717, 1.165) is 77.7 Å². The van der Waals surface area contributed by atoms with E-state index in [1.54, 1.807) is 35.3 Å². The monoisotopic (exact) mass is 1080 g/mol. The summed E-state index contributed by atoms with van der Waals surface area (Å²) in [5, 5.41) is 35.4. The molecule has 77 heavy (non-hydrogen) atoms. The zero-order valence-electron chi connectivity index (χ0n) is 43.4. The third-order valence-corrected chi connectivity index (χ3v) is 16.8. The lowest BCUT2D eigenvalue weighted by atomic mass is 9.97. The number of rotatable bonds is 22. The molecule has 0 fully saturated rings. The number of ether oxygens (including phenoxy) is 2. The second-order valence-electron chi connectivity index (χ2n) is 19.2. The predicted octanol–water partition coefficient (Wildman–Crippen LogP) is 13.2. The SMILES string of the molecule is CN(/N=C/c1ccc2c(c1)CC(OCC(O)CSc1ccc(Sc3ccc(SCC(O)COC4Cc5cc(/C=N/N(C)c6ccccc6)ccc5N(c5ccccc5)C4)cc3)cc1)CN2c1ccccc1)c1ccccc1. The van der Waals surface area contributed by atoms with Crippen LogP contribution in [0.15, 0.2) is 236 Å². The first-order valence-corrected chi connectivity index (χ1v) is 28.8. The molecule has 4 unspecified atom stereocenters. The van der Waals surface area contributed by atoms with Gasteiger partial charge in [-0.05, 0) is 144 Å². The molecule has 2 aliphatic heterocycles. The van der Waals surface area contributed by atoms with Gasteiger partial charge in [0.15, 0.2) is 0 Å². The summed E-state index contributed by atoms with van der Waals surface area (Å²) in [5.41, 5.74) is 11.0. The van der Waals surface area contributed by atoms with Crippen molar-refractivity contribution in [2.75, 3.05) is 71.7 Å². The fraction of sp³-hybridized carbons (Fsp3) is 0.219. The van der Waals surface area contributed by atoms with E-state index in [2.05, 4.69) is 143 Å². The largest absolute Gasteiger partial charge is 0.390 e. The van der Waals surface area contributed by atoms with E-state index in [0.29, 0.717) is 24.6 Å². The van der Waals surface area contributed by atoms with E-state index in [4.69, 9.17) is 19.7 Å². The van der Waals surface area contributed by atoms with Gasteiger partial charge in [-0.15, -0.1) is 23.5 Å². The van der Waals surface area contributed by atoms with Crippen molar-refractivity contribution in [3.63, 3.8) is 0 Å². The summed E-state index contributed by atoms with van der Waals surface area (Å²) in [4.78, 5) is 9.10. The van der Waals surface area contributed by atoms with Crippen molar-refractivity contribution in [1.29, 1.82) is 0 Å². The molecule has 8 aromatic carbocycles. The number of hydrazone groups is 2. The quantitative estimate of drug-likeness (QED) is 0.0386. The van der Waals surface area contributed by atoms with E-state index in [-0.39, 0.29) is 25.4 Å². The first-order valence-electron chi connectivity index (χ1n) is 26.1. The molecule has 0 aliphatic carbocycles. The molecule has 0 amide bonds. The number of hydrogen-bond acceptors (Lipinski definition) is 13. The Hall–Kier alpha value is -6.81. The molecule has 0 saturated heterocycles. The highest BCUT2D eigenvalue weighted by Gasteiger charge is 2.29. The number of nitrogens with zero attached hydrogens (tertiary/aromatic N) is 6. The van der Waals surface area contributed by atoms with Crippen LogP contribution in [0.5, 0.6) is 0 Å². The molecule has 0 aromatic heterocycles. The summed E-state index contributed by atoms with van der Waals surface area (Å²) in [6, 6.07) is 71.0. The molecule has 4 atom stereocenters. The van der Waals surface area contributed by atoms with Gasteiger partial charge in [-0.3, -0.25) is 10.0 Å². The summed E-state index contributed by atoms with van der Waals surface area (Å²) < 4.78 is 12.9. The Balaban J connectivity index is 0.666. The molecule has 10 nitrogen and oxygen atoms in total. The number of aliphatic hydroxyl groups excluding tert-OH is 2. The second-order valence-corrected chi connectivity index (χ2v) is 22.5. The van der Waals surface area contributed by atoms with Crippen molar-refractivity contribution in [2.24, 2.45) is 10.2 Å². The standard InChI is InChI=1S/C64H64N6O4S3/c1-67(51-15-7-3-8-16-51)65-39-47-23-33-63-49(35-47)37-57(41-69(63)53-19-11-5-12-20-53)73-43-55(71)45-75-59-25-29-61(30-26-59)77-62-31-27-60(28-32-62)76-46-56(72)44-74-58-38-50-36-48(40-66-68(2)52-17-9-4-10-18-52)24-34-64(50)70(42-58)54-21-13-6-14-22-54/h3-36,39-40,55-58,71-72H,37-38,41-46H2,1-2H3/b65-39+,66-40+. The van der Waals surface area contributed by atoms with Gasteiger partial charge in [0.25, 0.3) is 0 Å². The van der Waals surface area contributed by atoms with E-state index >= 15 is 0 Å². The molecule has 0 bridgehead atoms. The van der Waals surface area contributed by atoms with Crippen molar-refractivity contribution in [3.05, 3.63) is 229 Å². The highest BCUT2D eigenvalue weighted by atomic mass is 32.2. The second kappa shape index (κ2) is 26.5. The van der Waals surface area contributed by atoms with Crippen LogP contribution in [0.2, 0.25) is 0 Å². The van der Waals surface area contributed by atoms with Crippen molar-refractivity contribution >= 4 is 81.8 Å². The lowest BCUT2D eigenvalue weighted by Gasteiger charge is -2.36. The lowest BCUT2D eigenvalue weighted by molar-refractivity contribution is 0.00188. The first-order chi connectivity index (χ1) is 37.8. The maximum absolute atomic E-state index is 11.1. The highest BCUT2D eigenvalue weighted by Crippen LogP contribution is 2.37.